The summed E-state index contributed by atoms with van der Waals surface area (Å²) in [5.41, 5.74) is 2.43. The van der Waals surface area contributed by atoms with Gasteiger partial charge >= 0.3 is 0 Å². The van der Waals surface area contributed by atoms with Crippen LogP contribution in [0.25, 0.3) is 16.9 Å². The minimum Gasteiger partial charge on any atom is -0.473 e. The molecule has 4 aromatic rings. The van der Waals surface area contributed by atoms with Gasteiger partial charge in [0.2, 0.25) is 5.88 Å². The van der Waals surface area contributed by atoms with Gasteiger partial charge in [-0.3, -0.25) is 0 Å². The van der Waals surface area contributed by atoms with E-state index in [9.17, 15) is 0 Å². The zero-order chi connectivity index (χ0) is 17.2. The van der Waals surface area contributed by atoms with Crippen LogP contribution in [0.1, 0.15) is 5.56 Å². The highest BCUT2D eigenvalue weighted by molar-refractivity contribution is 9.10. The molecule has 0 saturated carbocycles. The molecule has 0 N–H and O–H groups in total. The van der Waals surface area contributed by atoms with Crippen molar-refractivity contribution in [2.45, 2.75) is 6.61 Å². The number of rotatable bonds is 4. The third-order valence-corrected chi connectivity index (χ3v) is 4.34. The lowest BCUT2D eigenvalue weighted by Gasteiger charge is -2.08. The summed E-state index contributed by atoms with van der Waals surface area (Å²) in [6.45, 7) is 0.271. The molecule has 1 aromatic carbocycles. The van der Waals surface area contributed by atoms with E-state index in [4.69, 9.17) is 16.3 Å². The molecule has 6 nitrogen and oxygen atoms in total. The van der Waals surface area contributed by atoms with Crippen LogP contribution in [-0.4, -0.2) is 25.0 Å². The van der Waals surface area contributed by atoms with Crippen molar-refractivity contribution in [3.05, 3.63) is 69.9 Å². The summed E-state index contributed by atoms with van der Waals surface area (Å²) >= 11 is 9.69. The maximum atomic E-state index is 6.38. The first-order valence-corrected chi connectivity index (χ1v) is 8.58. The van der Waals surface area contributed by atoms with E-state index in [-0.39, 0.29) is 6.61 Å². The standard InChI is InChI=1S/C17H11BrClN5O/c18-15-6-3-7-17(21-15)25-10-11-9-20-16(8-12(11)19)24-14-5-2-1-4-13(14)22-23-24/h1-9H,10H2. The minimum atomic E-state index is 0.271. The number of ether oxygens (including phenoxy) is 1. The van der Waals surface area contributed by atoms with Gasteiger partial charge < -0.3 is 4.74 Å². The van der Waals surface area contributed by atoms with E-state index < -0.39 is 0 Å². The summed E-state index contributed by atoms with van der Waals surface area (Å²) in [6, 6.07) is 14.9. The fourth-order valence-corrected chi connectivity index (χ4v) is 2.86. The predicted octanol–water partition coefficient (Wildman–Crippen LogP) is 4.21. The Bertz CT molecular complexity index is 1050. The molecule has 0 amide bonds. The highest BCUT2D eigenvalue weighted by atomic mass is 79.9. The maximum absolute atomic E-state index is 6.38. The molecule has 8 heteroatoms. The number of pyridine rings is 2. The lowest BCUT2D eigenvalue weighted by molar-refractivity contribution is 0.293. The second kappa shape index (κ2) is 6.78. The lowest BCUT2D eigenvalue weighted by atomic mass is 10.3. The van der Waals surface area contributed by atoms with Crippen molar-refractivity contribution in [3.63, 3.8) is 0 Å². The first kappa shape index (κ1) is 16.0. The van der Waals surface area contributed by atoms with E-state index >= 15 is 0 Å². The third kappa shape index (κ3) is 3.33. The number of nitrogens with zero attached hydrogens (tertiary/aromatic N) is 5. The molecule has 124 valence electrons. The molecule has 0 unspecified atom stereocenters. The third-order valence-electron chi connectivity index (χ3n) is 3.55. The van der Waals surface area contributed by atoms with E-state index in [1.54, 1.807) is 23.0 Å². The van der Waals surface area contributed by atoms with Crippen molar-refractivity contribution >= 4 is 38.6 Å². The second-order valence-electron chi connectivity index (χ2n) is 5.21. The number of aromatic nitrogens is 5. The zero-order valence-corrected chi connectivity index (χ0v) is 15.1. The monoisotopic (exact) mass is 415 g/mol. The Morgan fingerprint density at radius 3 is 2.84 bits per heavy atom. The normalized spacial score (nSPS) is 11.0. The molecule has 0 radical (unpaired) electrons. The van der Waals surface area contributed by atoms with Gasteiger partial charge in [0.25, 0.3) is 0 Å². The van der Waals surface area contributed by atoms with Gasteiger partial charge in [-0.1, -0.05) is 35.0 Å². The molecule has 0 bridgehead atoms. The van der Waals surface area contributed by atoms with Crippen LogP contribution in [0.15, 0.2) is 59.3 Å². The number of hydrogen-bond donors (Lipinski definition) is 0. The van der Waals surface area contributed by atoms with E-state index in [0.717, 1.165) is 16.6 Å². The second-order valence-corrected chi connectivity index (χ2v) is 6.43. The average molecular weight is 417 g/mol. The van der Waals surface area contributed by atoms with Crippen LogP contribution in [0.4, 0.5) is 0 Å². The summed E-state index contributed by atoms with van der Waals surface area (Å²) in [5.74, 6) is 1.11. The number of halogens is 2. The first-order valence-electron chi connectivity index (χ1n) is 7.41. The van der Waals surface area contributed by atoms with Gasteiger partial charge in [-0.2, -0.15) is 4.68 Å². The van der Waals surface area contributed by atoms with Gasteiger partial charge in [0, 0.05) is 23.9 Å². The highest BCUT2D eigenvalue weighted by Gasteiger charge is 2.10. The van der Waals surface area contributed by atoms with E-state index in [0.29, 0.717) is 21.3 Å². The summed E-state index contributed by atoms with van der Waals surface area (Å²) in [7, 11) is 0. The van der Waals surface area contributed by atoms with Crippen LogP contribution < -0.4 is 4.74 Å². The van der Waals surface area contributed by atoms with Crippen LogP contribution >= 0.6 is 27.5 Å². The molecule has 3 aromatic heterocycles. The van der Waals surface area contributed by atoms with Crippen molar-refractivity contribution in [1.82, 2.24) is 25.0 Å². The topological polar surface area (TPSA) is 65.7 Å². The molecule has 0 spiro atoms. The van der Waals surface area contributed by atoms with E-state index in [1.807, 2.05) is 36.4 Å². The van der Waals surface area contributed by atoms with Gasteiger partial charge in [-0.25, -0.2) is 9.97 Å². The van der Waals surface area contributed by atoms with E-state index in [1.165, 1.54) is 0 Å². The number of para-hydroxylation sites is 1. The zero-order valence-electron chi connectivity index (χ0n) is 12.8. The summed E-state index contributed by atoms with van der Waals surface area (Å²) in [6.07, 6.45) is 1.67. The van der Waals surface area contributed by atoms with Crippen LogP contribution in [0.5, 0.6) is 5.88 Å². The van der Waals surface area contributed by atoms with Crippen LogP contribution in [-0.2, 0) is 6.61 Å². The molecular formula is C17H11BrClN5O. The van der Waals surface area contributed by atoms with Crippen LogP contribution in [0, 0.1) is 0 Å². The molecule has 0 saturated heterocycles. The Balaban J connectivity index is 1.58. The predicted molar refractivity (Wildman–Crippen MR) is 97.9 cm³/mol. The maximum Gasteiger partial charge on any atom is 0.214 e. The van der Waals surface area contributed by atoms with Gasteiger partial charge in [0.05, 0.1) is 10.5 Å². The molecule has 25 heavy (non-hydrogen) atoms. The number of hydrogen-bond acceptors (Lipinski definition) is 5. The van der Waals surface area contributed by atoms with Crippen molar-refractivity contribution in [2.24, 2.45) is 0 Å². The number of benzene rings is 1. The molecule has 4 rings (SSSR count). The minimum absolute atomic E-state index is 0.271. The first-order chi connectivity index (χ1) is 12.2. The molecular weight excluding hydrogens is 406 g/mol. The molecule has 0 aliphatic heterocycles. The fraction of sp³-hybridized carbons (Fsp3) is 0.0588. The summed E-state index contributed by atoms with van der Waals surface area (Å²) in [5, 5.41) is 8.80. The summed E-state index contributed by atoms with van der Waals surface area (Å²) in [4.78, 5) is 8.65. The van der Waals surface area contributed by atoms with Gasteiger partial charge in [-0.15, -0.1) is 5.10 Å². The molecule has 3 heterocycles. The molecule has 0 aliphatic carbocycles. The fourth-order valence-electron chi connectivity index (χ4n) is 2.33. The van der Waals surface area contributed by atoms with Crippen molar-refractivity contribution < 1.29 is 4.74 Å². The van der Waals surface area contributed by atoms with Gasteiger partial charge in [0.1, 0.15) is 16.7 Å². The Hall–Kier alpha value is -2.51. The molecule has 0 fully saturated rings. The Kier molecular flexibility index (Phi) is 4.33. The van der Waals surface area contributed by atoms with Crippen molar-refractivity contribution in [1.29, 1.82) is 0 Å². The summed E-state index contributed by atoms with van der Waals surface area (Å²) < 4.78 is 8.02. The Morgan fingerprint density at radius 2 is 2.00 bits per heavy atom. The van der Waals surface area contributed by atoms with Crippen LogP contribution in [0.2, 0.25) is 5.02 Å². The Labute approximate surface area is 156 Å². The molecule has 0 atom stereocenters. The lowest BCUT2D eigenvalue weighted by Crippen LogP contribution is -2.03. The highest BCUT2D eigenvalue weighted by Crippen LogP contribution is 2.22. The van der Waals surface area contributed by atoms with Gasteiger partial charge in [0.15, 0.2) is 5.82 Å². The van der Waals surface area contributed by atoms with Gasteiger partial charge in [-0.05, 0) is 34.1 Å². The van der Waals surface area contributed by atoms with Crippen molar-refractivity contribution in [3.8, 4) is 11.7 Å². The van der Waals surface area contributed by atoms with E-state index in [2.05, 4.69) is 36.2 Å². The quantitative estimate of drug-likeness (QED) is 0.466. The largest absolute Gasteiger partial charge is 0.473 e. The smallest absolute Gasteiger partial charge is 0.214 e. The average Bonchev–Trinajstić information content (AvgIpc) is 3.05. The SMILES string of the molecule is Clc1cc(-n2nnc3ccccc32)ncc1COc1cccc(Br)n1. The molecule has 0 aliphatic rings. The number of fused-ring (bicyclic) bond motifs is 1. The van der Waals surface area contributed by atoms with Crippen LogP contribution in [0.3, 0.4) is 0 Å². The Morgan fingerprint density at radius 1 is 1.12 bits per heavy atom. The van der Waals surface area contributed by atoms with Crippen molar-refractivity contribution in [2.75, 3.05) is 0 Å².